The molecule has 0 saturated carbocycles. The number of furan rings is 1. The molecule has 1 atom stereocenters. The molecule has 3 N–H and O–H groups in total. The van der Waals surface area contributed by atoms with E-state index in [1.165, 1.54) is 25.3 Å². The number of hydrogen-bond acceptors (Lipinski definition) is 3. The van der Waals surface area contributed by atoms with Crippen molar-refractivity contribution >= 4 is 11.6 Å². The first kappa shape index (κ1) is 13.0. The molecule has 18 heavy (non-hydrogen) atoms. The Balaban J connectivity index is 2.53. The smallest absolute Gasteiger partial charge is 0.198 e. The van der Waals surface area contributed by atoms with Crippen LogP contribution in [0.4, 0.5) is 8.78 Å². The van der Waals surface area contributed by atoms with Crippen molar-refractivity contribution in [2.45, 2.75) is 13.0 Å². The largest absolute Gasteiger partial charge is 0.453 e. The maximum absolute atomic E-state index is 13.9. The molecule has 0 saturated heterocycles. The van der Waals surface area contributed by atoms with Gasteiger partial charge in [0, 0.05) is 11.1 Å². The summed E-state index contributed by atoms with van der Waals surface area (Å²) < 4.78 is 32.3. The number of halogens is 3. The lowest BCUT2D eigenvalue weighted by Gasteiger charge is -2.16. The Hall–Kier alpha value is -1.43. The summed E-state index contributed by atoms with van der Waals surface area (Å²) in [7, 11) is 0. The molecule has 0 aliphatic heterocycles. The Morgan fingerprint density at radius 2 is 1.94 bits per heavy atom. The van der Waals surface area contributed by atoms with Gasteiger partial charge in [-0.2, -0.15) is 0 Å². The summed E-state index contributed by atoms with van der Waals surface area (Å²) in [4.78, 5) is 0. The van der Waals surface area contributed by atoms with Gasteiger partial charge in [-0.15, -0.1) is 0 Å². The molecule has 1 heterocycles. The number of hydrazine groups is 1. The van der Waals surface area contributed by atoms with Crippen LogP contribution in [-0.4, -0.2) is 0 Å². The third-order valence-electron chi connectivity index (χ3n) is 2.74. The summed E-state index contributed by atoms with van der Waals surface area (Å²) in [5.41, 5.74) is 3.14. The normalized spacial score (nSPS) is 12.7. The van der Waals surface area contributed by atoms with Gasteiger partial charge in [-0.3, -0.25) is 5.84 Å². The zero-order valence-corrected chi connectivity index (χ0v) is 10.3. The summed E-state index contributed by atoms with van der Waals surface area (Å²) in [6, 6.07) is 3.71. The van der Waals surface area contributed by atoms with Crippen LogP contribution in [0.1, 0.15) is 22.7 Å². The highest BCUT2D eigenvalue weighted by molar-refractivity contribution is 6.29. The highest BCUT2D eigenvalue weighted by Crippen LogP contribution is 2.31. The van der Waals surface area contributed by atoms with Crippen LogP contribution in [0.5, 0.6) is 0 Å². The molecular formula is C12H11ClF2N2O. The minimum Gasteiger partial charge on any atom is -0.453 e. The first-order valence-electron chi connectivity index (χ1n) is 5.19. The number of nitrogens with one attached hydrogen (secondary N) is 1. The number of benzene rings is 1. The fraction of sp³-hybridized carbons (Fsp3) is 0.167. The lowest BCUT2D eigenvalue weighted by molar-refractivity contribution is 0.477. The van der Waals surface area contributed by atoms with Gasteiger partial charge < -0.3 is 4.42 Å². The van der Waals surface area contributed by atoms with Crippen LogP contribution in [0.25, 0.3) is 0 Å². The zero-order chi connectivity index (χ0) is 13.3. The fourth-order valence-electron chi connectivity index (χ4n) is 1.74. The van der Waals surface area contributed by atoms with Crippen molar-refractivity contribution in [3.63, 3.8) is 0 Å². The van der Waals surface area contributed by atoms with E-state index < -0.39 is 17.7 Å². The molecule has 96 valence electrons. The minimum atomic E-state index is -0.949. The van der Waals surface area contributed by atoms with Crippen LogP contribution in [0.15, 0.2) is 28.9 Å². The van der Waals surface area contributed by atoms with Gasteiger partial charge in [0.25, 0.3) is 0 Å². The molecule has 0 amide bonds. The summed E-state index contributed by atoms with van der Waals surface area (Å²) in [6.45, 7) is 1.48. The Kier molecular flexibility index (Phi) is 3.65. The molecule has 0 aliphatic rings. The molecule has 1 aromatic heterocycles. The maximum atomic E-state index is 13.9. The van der Waals surface area contributed by atoms with E-state index in [-0.39, 0.29) is 16.3 Å². The van der Waals surface area contributed by atoms with Crippen LogP contribution in [0, 0.1) is 18.6 Å². The number of aryl methyl sites for hydroxylation is 1. The van der Waals surface area contributed by atoms with E-state index in [1.54, 1.807) is 6.07 Å². The molecule has 0 fully saturated rings. The van der Waals surface area contributed by atoms with Crippen molar-refractivity contribution in [3.05, 3.63) is 58.0 Å². The monoisotopic (exact) mass is 272 g/mol. The van der Waals surface area contributed by atoms with Crippen LogP contribution in [-0.2, 0) is 0 Å². The first-order valence-corrected chi connectivity index (χ1v) is 5.57. The molecular weight excluding hydrogens is 262 g/mol. The van der Waals surface area contributed by atoms with Gasteiger partial charge in [0.15, 0.2) is 16.9 Å². The second-order valence-corrected chi connectivity index (χ2v) is 4.19. The molecule has 0 bridgehead atoms. The Bertz CT molecular complexity index is 571. The predicted octanol–water partition coefficient (Wildman–Crippen LogP) is 3.07. The van der Waals surface area contributed by atoms with Crippen molar-refractivity contribution in [3.8, 4) is 0 Å². The van der Waals surface area contributed by atoms with Crippen LogP contribution in [0.2, 0.25) is 5.22 Å². The topological polar surface area (TPSA) is 51.2 Å². The Morgan fingerprint density at radius 1 is 1.22 bits per heavy atom. The highest BCUT2D eigenvalue weighted by Gasteiger charge is 2.23. The van der Waals surface area contributed by atoms with E-state index in [9.17, 15) is 8.78 Å². The average Bonchev–Trinajstić information content (AvgIpc) is 2.77. The summed E-state index contributed by atoms with van der Waals surface area (Å²) in [6.07, 6.45) is 1.35. The van der Waals surface area contributed by atoms with E-state index >= 15 is 0 Å². The predicted molar refractivity (Wildman–Crippen MR) is 64.0 cm³/mol. The van der Waals surface area contributed by atoms with Gasteiger partial charge in [-0.25, -0.2) is 14.2 Å². The van der Waals surface area contributed by atoms with Gasteiger partial charge >= 0.3 is 0 Å². The Morgan fingerprint density at radius 3 is 2.50 bits per heavy atom. The Labute approximate surface area is 108 Å². The van der Waals surface area contributed by atoms with Crippen molar-refractivity contribution in [2.75, 3.05) is 0 Å². The molecule has 2 rings (SSSR count). The molecule has 1 aromatic carbocycles. The first-order chi connectivity index (χ1) is 8.56. The van der Waals surface area contributed by atoms with Gasteiger partial charge in [0.2, 0.25) is 0 Å². The summed E-state index contributed by atoms with van der Waals surface area (Å²) in [5, 5.41) is 0.0818. The highest BCUT2D eigenvalue weighted by atomic mass is 35.5. The number of nitrogens with two attached hydrogens (primary N) is 1. The molecule has 0 radical (unpaired) electrons. The molecule has 0 aliphatic carbocycles. The summed E-state index contributed by atoms with van der Waals surface area (Å²) >= 11 is 5.81. The van der Waals surface area contributed by atoms with E-state index in [0.717, 1.165) is 0 Å². The standard InChI is InChI=1S/C12H11ClF2N2O/c1-6-2-3-7(10(15)9(6)14)11(17-16)8-4-5-18-12(8)13/h2-5,11,17H,16H2,1H3. The lowest BCUT2D eigenvalue weighted by Crippen LogP contribution is -2.29. The van der Waals surface area contributed by atoms with E-state index in [0.29, 0.717) is 5.56 Å². The molecule has 6 heteroatoms. The van der Waals surface area contributed by atoms with Crippen molar-refractivity contribution < 1.29 is 13.2 Å². The van der Waals surface area contributed by atoms with Crippen molar-refractivity contribution in [1.82, 2.24) is 5.43 Å². The van der Waals surface area contributed by atoms with Crippen molar-refractivity contribution in [2.24, 2.45) is 5.84 Å². The van der Waals surface area contributed by atoms with Crippen molar-refractivity contribution in [1.29, 1.82) is 0 Å². The third kappa shape index (κ3) is 2.12. The minimum absolute atomic E-state index is 0.0731. The van der Waals surface area contributed by atoms with Crippen LogP contribution >= 0.6 is 11.6 Å². The average molecular weight is 273 g/mol. The van der Waals surface area contributed by atoms with E-state index in [4.69, 9.17) is 21.9 Å². The van der Waals surface area contributed by atoms with Crippen LogP contribution in [0.3, 0.4) is 0 Å². The summed E-state index contributed by atoms with van der Waals surface area (Å²) in [5.74, 6) is 3.54. The maximum Gasteiger partial charge on any atom is 0.198 e. The second kappa shape index (κ2) is 5.06. The molecule has 3 nitrogen and oxygen atoms in total. The third-order valence-corrected chi connectivity index (χ3v) is 3.05. The van der Waals surface area contributed by atoms with E-state index in [2.05, 4.69) is 5.43 Å². The SMILES string of the molecule is Cc1ccc(C(NN)c2ccoc2Cl)c(F)c1F. The number of hydrogen-bond donors (Lipinski definition) is 2. The fourth-order valence-corrected chi connectivity index (χ4v) is 1.96. The zero-order valence-electron chi connectivity index (χ0n) is 9.51. The molecule has 1 unspecified atom stereocenters. The van der Waals surface area contributed by atoms with Gasteiger partial charge in [-0.05, 0) is 30.2 Å². The van der Waals surface area contributed by atoms with Gasteiger partial charge in [0.1, 0.15) is 0 Å². The quantitative estimate of drug-likeness (QED) is 0.667. The lowest BCUT2D eigenvalue weighted by atomic mass is 9.99. The molecule has 2 aromatic rings. The van der Waals surface area contributed by atoms with E-state index in [1.807, 2.05) is 0 Å². The molecule has 0 spiro atoms. The second-order valence-electron chi connectivity index (χ2n) is 3.85. The van der Waals surface area contributed by atoms with Gasteiger partial charge in [-0.1, -0.05) is 12.1 Å². The van der Waals surface area contributed by atoms with Crippen LogP contribution < -0.4 is 11.3 Å². The van der Waals surface area contributed by atoms with Gasteiger partial charge in [0.05, 0.1) is 12.3 Å². The number of rotatable bonds is 3.